The predicted octanol–water partition coefficient (Wildman–Crippen LogP) is 3.79. The minimum atomic E-state index is -0.265. The molecule has 1 saturated heterocycles. The maximum Gasteiger partial charge on any atom is 0.258 e. The molecule has 3 rings (SSSR count). The zero-order chi connectivity index (χ0) is 21.5. The summed E-state index contributed by atoms with van der Waals surface area (Å²) in [5.41, 5.74) is 2.08. The highest BCUT2D eigenvalue weighted by atomic mass is 35.5. The molecule has 1 heterocycles. The number of carbonyl (C=O) groups is 1. The first kappa shape index (κ1) is 21.9. The first-order valence-electron chi connectivity index (χ1n) is 9.81. The second-order valence-corrected chi connectivity index (χ2v) is 7.63. The SMILES string of the molecule is COc1ccc(Cl)cc1NC(=NC[C@H]1CCCO1)NC(=O)c1cccc(N(C)C)c1. The lowest BCUT2D eigenvalue weighted by molar-refractivity contribution is 0.0975. The normalized spacial score (nSPS) is 16.3. The summed E-state index contributed by atoms with van der Waals surface area (Å²) in [6.45, 7) is 1.19. The van der Waals surface area contributed by atoms with Crippen molar-refractivity contribution in [3.05, 3.63) is 53.1 Å². The number of ether oxygens (including phenoxy) is 2. The van der Waals surface area contributed by atoms with E-state index in [1.54, 1.807) is 31.4 Å². The van der Waals surface area contributed by atoms with Crippen molar-refractivity contribution in [1.82, 2.24) is 5.32 Å². The van der Waals surface area contributed by atoms with Crippen LogP contribution in [0.5, 0.6) is 5.75 Å². The third-order valence-corrected chi connectivity index (χ3v) is 4.98. The smallest absolute Gasteiger partial charge is 0.258 e. The molecule has 2 N–H and O–H groups in total. The second kappa shape index (κ2) is 10.3. The van der Waals surface area contributed by atoms with Crippen LogP contribution in [0.2, 0.25) is 5.02 Å². The van der Waals surface area contributed by atoms with Crippen molar-refractivity contribution >= 4 is 34.8 Å². The van der Waals surface area contributed by atoms with Gasteiger partial charge in [-0.05, 0) is 49.2 Å². The average Bonchev–Trinajstić information content (AvgIpc) is 3.26. The minimum absolute atomic E-state index is 0.0528. The number of guanidine groups is 1. The first-order valence-corrected chi connectivity index (χ1v) is 10.2. The predicted molar refractivity (Wildman–Crippen MR) is 121 cm³/mol. The Balaban J connectivity index is 1.82. The van der Waals surface area contributed by atoms with Crippen molar-refractivity contribution in [3.63, 3.8) is 0 Å². The van der Waals surface area contributed by atoms with Gasteiger partial charge in [0.25, 0.3) is 5.91 Å². The summed E-state index contributed by atoms with van der Waals surface area (Å²) in [7, 11) is 5.43. The molecule has 2 aromatic carbocycles. The van der Waals surface area contributed by atoms with Crippen molar-refractivity contribution in [3.8, 4) is 5.75 Å². The first-order chi connectivity index (χ1) is 14.5. The molecule has 1 atom stereocenters. The molecule has 0 bridgehead atoms. The number of nitrogens with zero attached hydrogens (tertiary/aromatic N) is 2. The van der Waals surface area contributed by atoms with E-state index >= 15 is 0 Å². The van der Waals surface area contributed by atoms with Crippen molar-refractivity contribution < 1.29 is 14.3 Å². The van der Waals surface area contributed by atoms with E-state index in [-0.39, 0.29) is 12.0 Å². The van der Waals surface area contributed by atoms with Crippen molar-refractivity contribution in [2.45, 2.75) is 18.9 Å². The summed E-state index contributed by atoms with van der Waals surface area (Å²) < 4.78 is 11.0. The maximum absolute atomic E-state index is 12.9. The number of methoxy groups -OCH3 is 1. The highest BCUT2D eigenvalue weighted by Gasteiger charge is 2.17. The van der Waals surface area contributed by atoms with Gasteiger partial charge in [-0.2, -0.15) is 0 Å². The molecule has 8 heteroatoms. The van der Waals surface area contributed by atoms with E-state index in [4.69, 9.17) is 21.1 Å². The zero-order valence-electron chi connectivity index (χ0n) is 17.4. The Labute approximate surface area is 182 Å². The van der Waals surface area contributed by atoms with E-state index in [9.17, 15) is 4.79 Å². The Hall–Kier alpha value is -2.77. The van der Waals surface area contributed by atoms with Gasteiger partial charge in [-0.1, -0.05) is 17.7 Å². The number of benzene rings is 2. The van der Waals surface area contributed by atoms with Crippen LogP contribution < -0.4 is 20.3 Å². The van der Waals surface area contributed by atoms with Crippen LogP contribution in [-0.4, -0.2) is 52.3 Å². The van der Waals surface area contributed by atoms with Crippen LogP contribution in [0.3, 0.4) is 0 Å². The molecule has 1 amide bonds. The van der Waals surface area contributed by atoms with Crippen molar-refractivity contribution in [2.75, 3.05) is 44.6 Å². The van der Waals surface area contributed by atoms with Crippen LogP contribution in [0, 0.1) is 0 Å². The number of rotatable bonds is 6. The number of amides is 1. The highest BCUT2D eigenvalue weighted by Crippen LogP contribution is 2.27. The van der Waals surface area contributed by atoms with E-state index in [1.807, 2.05) is 37.2 Å². The van der Waals surface area contributed by atoms with E-state index in [0.29, 0.717) is 34.5 Å². The Morgan fingerprint density at radius 1 is 1.30 bits per heavy atom. The van der Waals surface area contributed by atoms with Gasteiger partial charge in [-0.3, -0.25) is 10.1 Å². The molecular formula is C22H27ClN4O3. The number of hydrogen-bond acceptors (Lipinski definition) is 5. The standard InChI is InChI=1S/C22H27ClN4O3/c1-27(2)17-7-4-6-15(12-17)21(28)26-22(24-14-18-8-5-11-30-18)25-19-13-16(23)9-10-20(19)29-3/h4,6-7,9-10,12-13,18H,5,8,11,14H2,1-3H3,(H2,24,25,26,28)/t18-/m1/s1. The number of anilines is 2. The van der Waals surface area contributed by atoms with Gasteiger partial charge in [0, 0.05) is 37.0 Å². The summed E-state index contributed by atoms with van der Waals surface area (Å²) in [5.74, 6) is 0.637. The molecule has 30 heavy (non-hydrogen) atoms. The molecular weight excluding hydrogens is 404 g/mol. The lowest BCUT2D eigenvalue weighted by Crippen LogP contribution is -2.37. The summed E-state index contributed by atoms with van der Waals surface area (Å²) in [4.78, 5) is 19.4. The molecule has 7 nitrogen and oxygen atoms in total. The molecule has 1 fully saturated rings. The number of hydrogen-bond donors (Lipinski definition) is 2. The van der Waals surface area contributed by atoms with Gasteiger partial charge >= 0.3 is 0 Å². The van der Waals surface area contributed by atoms with Gasteiger partial charge < -0.3 is 19.7 Å². The molecule has 0 radical (unpaired) electrons. The lowest BCUT2D eigenvalue weighted by atomic mass is 10.2. The van der Waals surface area contributed by atoms with Crippen LogP contribution in [0.1, 0.15) is 23.2 Å². The second-order valence-electron chi connectivity index (χ2n) is 7.19. The third kappa shape index (κ3) is 5.87. The van der Waals surface area contributed by atoms with Crippen LogP contribution >= 0.6 is 11.6 Å². The number of nitrogens with one attached hydrogen (secondary N) is 2. The average molecular weight is 431 g/mol. The lowest BCUT2D eigenvalue weighted by Gasteiger charge is -2.17. The van der Waals surface area contributed by atoms with Gasteiger partial charge in [-0.15, -0.1) is 0 Å². The van der Waals surface area contributed by atoms with Crippen LogP contribution in [-0.2, 0) is 4.74 Å². The largest absolute Gasteiger partial charge is 0.495 e. The quantitative estimate of drug-likeness (QED) is 0.538. The summed E-state index contributed by atoms with van der Waals surface area (Å²) in [6.07, 6.45) is 2.03. The van der Waals surface area contributed by atoms with Gasteiger partial charge in [0.1, 0.15) is 5.75 Å². The van der Waals surface area contributed by atoms with E-state index in [2.05, 4.69) is 15.6 Å². The molecule has 0 saturated carbocycles. The van der Waals surface area contributed by atoms with E-state index in [0.717, 1.165) is 25.1 Å². The van der Waals surface area contributed by atoms with Crippen molar-refractivity contribution in [1.29, 1.82) is 0 Å². The fourth-order valence-corrected chi connectivity index (χ4v) is 3.27. The Morgan fingerprint density at radius 2 is 2.13 bits per heavy atom. The van der Waals surface area contributed by atoms with Crippen molar-refractivity contribution in [2.24, 2.45) is 4.99 Å². The molecule has 1 aliphatic rings. The van der Waals surface area contributed by atoms with Gasteiger partial charge in [0.2, 0.25) is 5.96 Å². The van der Waals surface area contributed by atoms with Gasteiger partial charge in [0.15, 0.2) is 0 Å². The van der Waals surface area contributed by atoms with E-state index in [1.165, 1.54) is 0 Å². The fourth-order valence-electron chi connectivity index (χ4n) is 3.10. The molecule has 0 unspecified atom stereocenters. The Morgan fingerprint density at radius 3 is 2.83 bits per heavy atom. The summed E-state index contributed by atoms with van der Waals surface area (Å²) in [6, 6.07) is 12.6. The number of carbonyl (C=O) groups excluding carboxylic acids is 1. The highest BCUT2D eigenvalue weighted by molar-refractivity contribution is 6.31. The van der Waals surface area contributed by atoms with Gasteiger partial charge in [0.05, 0.1) is 25.4 Å². The van der Waals surface area contributed by atoms with E-state index < -0.39 is 0 Å². The van der Waals surface area contributed by atoms with Gasteiger partial charge in [-0.25, -0.2) is 4.99 Å². The summed E-state index contributed by atoms with van der Waals surface area (Å²) >= 11 is 6.14. The molecule has 160 valence electrons. The monoisotopic (exact) mass is 430 g/mol. The molecule has 2 aromatic rings. The molecule has 1 aliphatic heterocycles. The summed E-state index contributed by atoms with van der Waals surface area (Å²) in [5, 5.41) is 6.56. The number of aliphatic imine (C=N–C) groups is 1. The maximum atomic E-state index is 12.9. The Bertz CT molecular complexity index is 911. The van der Waals surface area contributed by atoms with Crippen LogP contribution in [0.25, 0.3) is 0 Å². The molecule has 0 aromatic heterocycles. The van der Waals surface area contributed by atoms with Crippen LogP contribution in [0.4, 0.5) is 11.4 Å². The topological polar surface area (TPSA) is 75.2 Å². The third-order valence-electron chi connectivity index (χ3n) is 4.75. The Kier molecular flexibility index (Phi) is 7.54. The molecule has 0 aliphatic carbocycles. The zero-order valence-corrected chi connectivity index (χ0v) is 18.2. The molecule has 0 spiro atoms. The minimum Gasteiger partial charge on any atom is -0.495 e. The number of halogens is 1. The van der Waals surface area contributed by atoms with Crippen LogP contribution in [0.15, 0.2) is 47.5 Å². The fraction of sp³-hybridized carbons (Fsp3) is 0.364.